The van der Waals surface area contributed by atoms with E-state index in [1.807, 2.05) is 0 Å². The molecular formula is C15H8Cl3N3OS. The van der Waals surface area contributed by atoms with E-state index in [0.717, 1.165) is 0 Å². The number of carbonyl (C=O) groups is 1. The first-order valence-corrected chi connectivity index (χ1v) is 8.38. The minimum atomic E-state index is -0.351. The van der Waals surface area contributed by atoms with E-state index >= 15 is 0 Å². The average molecular weight is 385 g/mol. The van der Waals surface area contributed by atoms with Crippen LogP contribution >= 0.6 is 46.1 Å². The van der Waals surface area contributed by atoms with Crippen molar-refractivity contribution in [3.63, 3.8) is 0 Å². The van der Waals surface area contributed by atoms with Crippen molar-refractivity contribution in [2.24, 2.45) is 0 Å². The zero-order valence-corrected chi connectivity index (χ0v) is 14.5. The van der Waals surface area contributed by atoms with E-state index < -0.39 is 0 Å². The van der Waals surface area contributed by atoms with Crippen molar-refractivity contribution in [2.45, 2.75) is 0 Å². The van der Waals surface area contributed by atoms with Gasteiger partial charge in [0, 0.05) is 28.4 Å². The summed E-state index contributed by atoms with van der Waals surface area (Å²) in [6.07, 6.45) is 2.91. The SMILES string of the molecule is O=C(Nc1nc(-c2cc(Cl)ccc2Cl)cs1)c1ccncc1Cl. The van der Waals surface area contributed by atoms with E-state index in [9.17, 15) is 4.79 Å². The Hall–Kier alpha value is -1.66. The third-order valence-electron chi connectivity index (χ3n) is 2.95. The van der Waals surface area contributed by atoms with Gasteiger partial charge in [-0.15, -0.1) is 11.3 Å². The van der Waals surface area contributed by atoms with Crippen molar-refractivity contribution in [1.29, 1.82) is 0 Å². The molecule has 0 bridgehead atoms. The van der Waals surface area contributed by atoms with Gasteiger partial charge in [-0.3, -0.25) is 15.1 Å². The Morgan fingerprint density at radius 2 is 1.96 bits per heavy atom. The van der Waals surface area contributed by atoms with E-state index in [-0.39, 0.29) is 10.9 Å². The molecule has 1 aromatic carbocycles. The fourth-order valence-corrected chi connectivity index (χ4v) is 3.17. The molecule has 0 saturated heterocycles. The Morgan fingerprint density at radius 1 is 1.13 bits per heavy atom. The van der Waals surface area contributed by atoms with E-state index in [4.69, 9.17) is 34.8 Å². The molecule has 0 radical (unpaired) electrons. The minimum absolute atomic E-state index is 0.277. The summed E-state index contributed by atoms with van der Waals surface area (Å²) in [5.41, 5.74) is 1.68. The van der Waals surface area contributed by atoms with Crippen molar-refractivity contribution >= 4 is 57.2 Å². The lowest BCUT2D eigenvalue weighted by molar-refractivity contribution is 0.102. The normalized spacial score (nSPS) is 10.6. The number of rotatable bonds is 3. The third-order valence-corrected chi connectivity index (χ3v) is 4.57. The molecule has 116 valence electrons. The fraction of sp³-hybridized carbons (Fsp3) is 0. The Labute approximate surface area is 151 Å². The number of nitrogens with zero attached hydrogens (tertiary/aromatic N) is 2. The molecule has 3 aromatic rings. The fourth-order valence-electron chi connectivity index (χ4n) is 1.87. The number of halogens is 3. The number of pyridine rings is 1. The molecule has 3 rings (SSSR count). The predicted octanol–water partition coefficient (Wildman–Crippen LogP) is 5.42. The van der Waals surface area contributed by atoms with Gasteiger partial charge < -0.3 is 0 Å². The van der Waals surface area contributed by atoms with Gasteiger partial charge in [0.15, 0.2) is 5.13 Å². The maximum absolute atomic E-state index is 12.2. The highest BCUT2D eigenvalue weighted by Gasteiger charge is 2.14. The number of anilines is 1. The molecule has 1 N–H and O–H groups in total. The average Bonchev–Trinajstić information content (AvgIpc) is 2.98. The molecule has 23 heavy (non-hydrogen) atoms. The van der Waals surface area contributed by atoms with E-state index in [1.54, 1.807) is 29.6 Å². The van der Waals surface area contributed by atoms with Crippen LogP contribution in [0.1, 0.15) is 10.4 Å². The van der Waals surface area contributed by atoms with Gasteiger partial charge in [-0.25, -0.2) is 4.98 Å². The lowest BCUT2D eigenvalue weighted by Crippen LogP contribution is -2.12. The molecule has 1 amide bonds. The van der Waals surface area contributed by atoms with Gasteiger partial charge in [0.2, 0.25) is 0 Å². The van der Waals surface area contributed by atoms with Gasteiger partial charge in [0.25, 0.3) is 5.91 Å². The highest BCUT2D eigenvalue weighted by Crippen LogP contribution is 2.32. The molecule has 2 aromatic heterocycles. The smallest absolute Gasteiger partial charge is 0.259 e. The molecule has 0 fully saturated rings. The predicted molar refractivity (Wildman–Crippen MR) is 94.8 cm³/mol. The molecule has 2 heterocycles. The van der Waals surface area contributed by atoms with Crippen LogP contribution in [0, 0.1) is 0 Å². The van der Waals surface area contributed by atoms with E-state index in [0.29, 0.717) is 32.0 Å². The number of nitrogens with one attached hydrogen (secondary N) is 1. The summed E-state index contributed by atoms with van der Waals surface area (Å²) in [6, 6.07) is 6.67. The molecular weight excluding hydrogens is 377 g/mol. The molecule has 0 atom stereocenters. The van der Waals surface area contributed by atoms with Crippen LogP contribution in [0.15, 0.2) is 42.0 Å². The van der Waals surface area contributed by atoms with E-state index in [2.05, 4.69) is 15.3 Å². The third kappa shape index (κ3) is 3.64. The molecule has 8 heteroatoms. The first kappa shape index (κ1) is 16.2. The number of aromatic nitrogens is 2. The monoisotopic (exact) mass is 383 g/mol. The van der Waals surface area contributed by atoms with Crippen LogP contribution in [0.25, 0.3) is 11.3 Å². The summed E-state index contributed by atoms with van der Waals surface area (Å²) < 4.78 is 0. The van der Waals surface area contributed by atoms with Gasteiger partial charge in [-0.05, 0) is 24.3 Å². The van der Waals surface area contributed by atoms with Gasteiger partial charge in [0.05, 0.1) is 21.3 Å². The largest absolute Gasteiger partial charge is 0.298 e. The Morgan fingerprint density at radius 3 is 2.74 bits per heavy atom. The summed E-state index contributed by atoms with van der Waals surface area (Å²) in [5, 5.41) is 6.31. The van der Waals surface area contributed by atoms with Crippen molar-refractivity contribution in [3.05, 3.63) is 62.7 Å². The number of benzene rings is 1. The molecule has 0 aliphatic rings. The van der Waals surface area contributed by atoms with Gasteiger partial charge >= 0.3 is 0 Å². The lowest BCUT2D eigenvalue weighted by atomic mass is 10.2. The van der Waals surface area contributed by atoms with Gasteiger partial charge in [-0.2, -0.15) is 0 Å². The molecule has 0 aliphatic carbocycles. The second-order valence-corrected chi connectivity index (χ2v) is 6.58. The standard InChI is InChI=1S/C15H8Cl3N3OS/c16-8-1-2-11(17)10(5-8)13-7-23-15(20-13)21-14(22)9-3-4-19-6-12(9)18/h1-7H,(H,20,21,22). The van der Waals surface area contributed by atoms with Crippen LogP contribution in [0.2, 0.25) is 15.1 Å². The zero-order chi connectivity index (χ0) is 16.4. The second-order valence-electron chi connectivity index (χ2n) is 4.47. The van der Waals surface area contributed by atoms with Crippen LogP contribution in [-0.2, 0) is 0 Å². The van der Waals surface area contributed by atoms with Crippen LogP contribution in [0.5, 0.6) is 0 Å². The molecule has 0 saturated carbocycles. The first-order chi connectivity index (χ1) is 11.0. The number of thiazole rings is 1. The molecule has 0 unspecified atom stereocenters. The summed E-state index contributed by atoms with van der Waals surface area (Å²) in [5.74, 6) is -0.351. The topological polar surface area (TPSA) is 54.9 Å². The second kappa shape index (κ2) is 6.84. The summed E-state index contributed by atoms with van der Waals surface area (Å²) in [6.45, 7) is 0. The maximum Gasteiger partial charge on any atom is 0.259 e. The Kier molecular flexibility index (Phi) is 4.82. The summed E-state index contributed by atoms with van der Waals surface area (Å²) in [4.78, 5) is 20.4. The van der Waals surface area contributed by atoms with Crippen LogP contribution in [-0.4, -0.2) is 15.9 Å². The quantitative estimate of drug-likeness (QED) is 0.656. The Balaban J connectivity index is 1.84. The number of hydrogen-bond acceptors (Lipinski definition) is 4. The molecule has 0 spiro atoms. The highest BCUT2D eigenvalue weighted by molar-refractivity contribution is 7.14. The van der Waals surface area contributed by atoms with Crippen LogP contribution in [0.4, 0.5) is 5.13 Å². The van der Waals surface area contributed by atoms with Crippen molar-refractivity contribution in [2.75, 3.05) is 5.32 Å². The number of hydrogen-bond donors (Lipinski definition) is 1. The maximum atomic E-state index is 12.2. The van der Waals surface area contributed by atoms with Gasteiger partial charge in [-0.1, -0.05) is 34.8 Å². The van der Waals surface area contributed by atoms with Crippen LogP contribution < -0.4 is 5.32 Å². The Bertz CT molecular complexity index is 882. The minimum Gasteiger partial charge on any atom is -0.298 e. The summed E-state index contributed by atoms with van der Waals surface area (Å²) >= 11 is 19.4. The van der Waals surface area contributed by atoms with Gasteiger partial charge in [0.1, 0.15) is 0 Å². The lowest BCUT2D eigenvalue weighted by Gasteiger charge is -2.03. The molecule has 4 nitrogen and oxygen atoms in total. The van der Waals surface area contributed by atoms with Crippen molar-refractivity contribution in [1.82, 2.24) is 9.97 Å². The van der Waals surface area contributed by atoms with Crippen molar-refractivity contribution in [3.8, 4) is 11.3 Å². The molecule has 0 aliphatic heterocycles. The van der Waals surface area contributed by atoms with E-state index in [1.165, 1.54) is 23.7 Å². The van der Waals surface area contributed by atoms with Crippen LogP contribution in [0.3, 0.4) is 0 Å². The highest BCUT2D eigenvalue weighted by atomic mass is 35.5. The summed E-state index contributed by atoms with van der Waals surface area (Å²) in [7, 11) is 0. The zero-order valence-electron chi connectivity index (χ0n) is 11.4. The number of amides is 1. The van der Waals surface area contributed by atoms with Crippen molar-refractivity contribution < 1.29 is 4.79 Å². The first-order valence-electron chi connectivity index (χ1n) is 6.36. The number of carbonyl (C=O) groups excluding carboxylic acids is 1.